The minimum Gasteiger partial charge on any atom is -0.493 e. The molecule has 0 aliphatic heterocycles. The fraction of sp³-hybridized carbons (Fsp3) is 0.407. The van der Waals surface area contributed by atoms with E-state index in [4.69, 9.17) is 16.3 Å². The molecule has 0 unspecified atom stereocenters. The molecule has 0 fully saturated rings. The first-order valence-corrected chi connectivity index (χ1v) is 12.2. The number of rotatable bonds is 7. The summed E-state index contributed by atoms with van der Waals surface area (Å²) in [6.45, 7) is 8.29. The lowest BCUT2D eigenvalue weighted by molar-refractivity contribution is -0.216. The normalized spacial score (nSPS) is 12.4. The number of nitrogens with zero attached hydrogens (tertiary/aromatic N) is 3. The molecule has 3 rings (SSSR count). The highest BCUT2D eigenvalue weighted by molar-refractivity contribution is 6.33. The van der Waals surface area contributed by atoms with Crippen LogP contribution in [0.4, 0.5) is 13.2 Å². The van der Waals surface area contributed by atoms with Crippen molar-refractivity contribution in [3.05, 3.63) is 63.5 Å². The Morgan fingerprint density at radius 2 is 1.66 bits per heavy atom. The van der Waals surface area contributed by atoms with E-state index >= 15 is 0 Å². The van der Waals surface area contributed by atoms with Crippen LogP contribution in [0.15, 0.2) is 47.3 Å². The van der Waals surface area contributed by atoms with E-state index < -0.39 is 23.2 Å². The molecule has 3 aromatic rings. The number of alkyl halides is 3. The summed E-state index contributed by atoms with van der Waals surface area (Å²) >= 11 is 6.38. The maximum absolute atomic E-state index is 13.3. The Hall–Kier alpha value is -3.40. The van der Waals surface area contributed by atoms with Gasteiger partial charge in [-0.2, -0.15) is 18.2 Å². The number of hydrogen-bond donors (Lipinski definition) is 1. The second-order valence-electron chi connectivity index (χ2n) is 10.8. The molecule has 0 spiro atoms. The summed E-state index contributed by atoms with van der Waals surface area (Å²) in [6, 6.07) is 11.7. The fourth-order valence-electron chi connectivity index (χ4n) is 3.44. The molecule has 2 aromatic carbocycles. The van der Waals surface area contributed by atoms with Crippen LogP contribution in [0.1, 0.15) is 40.2 Å². The average molecular weight is 551 g/mol. The molecular weight excluding hydrogens is 521 g/mol. The standard InChI is InChI=1S/C27H30ClF3N4O3/c1-25(2,3)15-38-18-10-8-17(9-11-18)21-32-22(34-24(37)33-21)19-13-16(7-12-20(19)28)14-35(6)23(36)26(4,5)27(29,30)31/h7-13H,14-15H2,1-6H3,(H,32,33,34,37). The van der Waals surface area contributed by atoms with Gasteiger partial charge in [0, 0.05) is 24.7 Å². The predicted octanol–water partition coefficient (Wildman–Crippen LogP) is 6.12. The lowest BCUT2D eigenvalue weighted by Gasteiger charge is -2.31. The van der Waals surface area contributed by atoms with E-state index in [2.05, 4.69) is 35.7 Å². The van der Waals surface area contributed by atoms with Gasteiger partial charge in [-0.1, -0.05) is 38.4 Å². The number of halogens is 4. The summed E-state index contributed by atoms with van der Waals surface area (Å²) in [4.78, 5) is 36.8. The molecular formula is C27H30ClF3N4O3. The Morgan fingerprint density at radius 1 is 1.03 bits per heavy atom. The van der Waals surface area contributed by atoms with Gasteiger partial charge in [-0.25, -0.2) is 9.78 Å². The van der Waals surface area contributed by atoms with Gasteiger partial charge in [0.05, 0.1) is 11.6 Å². The summed E-state index contributed by atoms with van der Waals surface area (Å²) in [5.74, 6) is -0.123. The number of carbonyl (C=O) groups excluding carboxylic acids is 1. The zero-order valence-corrected chi connectivity index (χ0v) is 22.8. The highest BCUT2D eigenvalue weighted by atomic mass is 35.5. The van der Waals surface area contributed by atoms with E-state index in [1.54, 1.807) is 36.4 Å². The zero-order valence-electron chi connectivity index (χ0n) is 22.0. The Labute approximate surface area is 224 Å². The smallest absolute Gasteiger partial charge is 0.402 e. The Kier molecular flexibility index (Phi) is 8.26. The number of H-pyrrole nitrogens is 1. The molecule has 0 radical (unpaired) electrons. The molecule has 7 nitrogen and oxygen atoms in total. The average Bonchev–Trinajstić information content (AvgIpc) is 2.82. The van der Waals surface area contributed by atoms with Crippen LogP contribution in [-0.2, 0) is 11.3 Å². The lowest BCUT2D eigenvalue weighted by Crippen LogP contribution is -2.47. The number of ether oxygens (including phenoxy) is 1. The molecule has 0 bridgehead atoms. The summed E-state index contributed by atoms with van der Waals surface area (Å²) in [6.07, 6.45) is -4.70. The van der Waals surface area contributed by atoms with Crippen molar-refractivity contribution < 1.29 is 22.7 Å². The minimum atomic E-state index is -4.70. The molecule has 0 saturated carbocycles. The van der Waals surface area contributed by atoms with Gasteiger partial charge in [0.25, 0.3) is 0 Å². The predicted molar refractivity (Wildman–Crippen MR) is 140 cm³/mol. The van der Waals surface area contributed by atoms with Crippen molar-refractivity contribution in [3.63, 3.8) is 0 Å². The van der Waals surface area contributed by atoms with Gasteiger partial charge in [0.1, 0.15) is 17.0 Å². The van der Waals surface area contributed by atoms with Crippen LogP contribution in [0.25, 0.3) is 22.8 Å². The monoisotopic (exact) mass is 550 g/mol. The van der Waals surface area contributed by atoms with Crippen molar-refractivity contribution in [2.24, 2.45) is 10.8 Å². The van der Waals surface area contributed by atoms with Gasteiger partial charge in [0.15, 0.2) is 5.82 Å². The van der Waals surface area contributed by atoms with E-state index in [0.29, 0.717) is 29.0 Å². The molecule has 1 heterocycles. The summed E-state index contributed by atoms with van der Waals surface area (Å²) in [5, 5.41) is 0.254. The van der Waals surface area contributed by atoms with Gasteiger partial charge >= 0.3 is 11.9 Å². The van der Waals surface area contributed by atoms with Gasteiger partial charge < -0.3 is 9.64 Å². The second-order valence-corrected chi connectivity index (χ2v) is 11.2. The van der Waals surface area contributed by atoms with Crippen molar-refractivity contribution in [3.8, 4) is 28.5 Å². The second kappa shape index (κ2) is 10.8. The lowest BCUT2D eigenvalue weighted by atomic mass is 9.90. The molecule has 204 valence electrons. The molecule has 1 N–H and O–H groups in total. The van der Waals surface area contributed by atoms with E-state index in [1.807, 2.05) is 0 Å². The summed E-state index contributed by atoms with van der Waals surface area (Å²) in [7, 11) is 1.30. The zero-order chi connectivity index (χ0) is 28.5. The van der Waals surface area contributed by atoms with E-state index in [-0.39, 0.29) is 28.6 Å². The third kappa shape index (κ3) is 6.92. The van der Waals surface area contributed by atoms with Crippen LogP contribution >= 0.6 is 11.6 Å². The number of aromatic nitrogens is 3. The topological polar surface area (TPSA) is 88.2 Å². The highest BCUT2D eigenvalue weighted by Crippen LogP contribution is 2.39. The Bertz CT molecular complexity index is 1360. The van der Waals surface area contributed by atoms with Gasteiger partial charge in [-0.15, -0.1) is 0 Å². The first-order chi connectivity index (χ1) is 17.5. The van der Waals surface area contributed by atoms with Gasteiger partial charge in [-0.3, -0.25) is 9.78 Å². The van der Waals surface area contributed by atoms with E-state index in [9.17, 15) is 22.8 Å². The maximum Gasteiger partial charge on any atom is 0.402 e. The summed E-state index contributed by atoms with van der Waals surface area (Å²) in [5.41, 5.74) is -1.79. The fourth-order valence-corrected chi connectivity index (χ4v) is 3.64. The third-order valence-corrected chi connectivity index (χ3v) is 6.06. The van der Waals surface area contributed by atoms with Crippen molar-refractivity contribution in [1.29, 1.82) is 0 Å². The quantitative estimate of drug-likeness (QED) is 0.383. The van der Waals surface area contributed by atoms with Crippen LogP contribution < -0.4 is 10.4 Å². The summed E-state index contributed by atoms with van der Waals surface area (Å²) < 4.78 is 45.8. The number of aromatic amines is 1. The van der Waals surface area contributed by atoms with Crippen molar-refractivity contribution >= 4 is 17.5 Å². The molecule has 0 saturated heterocycles. The minimum absolute atomic E-state index is 0.00611. The van der Waals surface area contributed by atoms with Crippen LogP contribution in [0, 0.1) is 10.8 Å². The van der Waals surface area contributed by atoms with Crippen molar-refractivity contribution in [2.75, 3.05) is 13.7 Å². The first-order valence-electron chi connectivity index (χ1n) is 11.8. The van der Waals surface area contributed by atoms with E-state index in [1.165, 1.54) is 13.1 Å². The number of amides is 1. The largest absolute Gasteiger partial charge is 0.493 e. The number of nitrogens with one attached hydrogen (secondary N) is 1. The molecule has 1 aromatic heterocycles. The number of hydrogen-bond acceptors (Lipinski definition) is 5. The van der Waals surface area contributed by atoms with Crippen molar-refractivity contribution in [2.45, 2.75) is 47.3 Å². The molecule has 11 heteroatoms. The molecule has 0 aliphatic rings. The molecule has 0 aliphatic carbocycles. The van der Waals surface area contributed by atoms with Crippen molar-refractivity contribution in [1.82, 2.24) is 19.9 Å². The highest BCUT2D eigenvalue weighted by Gasteiger charge is 2.53. The molecule has 1 amide bonds. The van der Waals surface area contributed by atoms with Crippen LogP contribution in [0.3, 0.4) is 0 Å². The number of benzene rings is 2. The van der Waals surface area contributed by atoms with Crippen LogP contribution in [0.2, 0.25) is 5.02 Å². The SMILES string of the molecule is CN(Cc1ccc(Cl)c(-c2nc(-c3ccc(OCC(C)(C)C)cc3)nc(=O)[nH]2)c1)C(=O)C(C)(C)C(F)(F)F. The van der Waals surface area contributed by atoms with Gasteiger partial charge in [0.2, 0.25) is 5.91 Å². The number of carbonyl (C=O) groups is 1. The van der Waals surface area contributed by atoms with Crippen LogP contribution in [-0.4, -0.2) is 45.6 Å². The first kappa shape index (κ1) is 29.2. The maximum atomic E-state index is 13.3. The van der Waals surface area contributed by atoms with Gasteiger partial charge in [-0.05, 0) is 61.2 Å². The third-order valence-electron chi connectivity index (χ3n) is 5.73. The van der Waals surface area contributed by atoms with Crippen LogP contribution in [0.5, 0.6) is 5.75 Å². The Morgan fingerprint density at radius 3 is 2.24 bits per heavy atom. The van der Waals surface area contributed by atoms with E-state index in [0.717, 1.165) is 18.7 Å². The molecule has 0 atom stereocenters. The molecule has 38 heavy (non-hydrogen) atoms. The Balaban J connectivity index is 1.88.